The van der Waals surface area contributed by atoms with Crippen molar-refractivity contribution in [3.05, 3.63) is 40.7 Å². The molecule has 2 aromatic heterocycles. The van der Waals surface area contributed by atoms with Crippen molar-refractivity contribution in [3.8, 4) is 0 Å². The number of rotatable bonds is 6. The van der Waals surface area contributed by atoms with Gasteiger partial charge in [0.1, 0.15) is 0 Å². The van der Waals surface area contributed by atoms with E-state index in [2.05, 4.69) is 15.1 Å². The maximum absolute atomic E-state index is 12.6. The van der Waals surface area contributed by atoms with E-state index < -0.39 is 10.0 Å². The van der Waals surface area contributed by atoms with Gasteiger partial charge in [-0.15, -0.1) is 11.3 Å². The summed E-state index contributed by atoms with van der Waals surface area (Å²) in [4.78, 5) is 4.89. The summed E-state index contributed by atoms with van der Waals surface area (Å²) in [5, 5.41) is 1.82. The number of hydrogen-bond donors (Lipinski definition) is 3. The monoisotopic (exact) mass is 326 g/mol. The van der Waals surface area contributed by atoms with Crippen LogP contribution in [0.15, 0.2) is 40.9 Å². The molecule has 1 unspecified atom stereocenters. The molecule has 0 amide bonds. The lowest BCUT2D eigenvalue weighted by Crippen LogP contribution is -2.32. The molecule has 0 radical (unpaired) electrons. The first kappa shape index (κ1) is 15.9. The minimum atomic E-state index is -3.77. The first-order chi connectivity index (χ1) is 9.95. The Morgan fingerprint density at radius 3 is 2.62 bits per heavy atom. The lowest BCUT2D eigenvalue weighted by atomic mass is 10.0. The van der Waals surface area contributed by atoms with Crippen molar-refractivity contribution >= 4 is 27.0 Å². The van der Waals surface area contributed by atoms with Crippen molar-refractivity contribution in [2.45, 2.75) is 24.9 Å². The Morgan fingerprint density at radius 1 is 1.29 bits per heavy atom. The van der Waals surface area contributed by atoms with Crippen molar-refractivity contribution < 1.29 is 8.42 Å². The molecule has 0 aliphatic heterocycles. The van der Waals surface area contributed by atoms with Gasteiger partial charge in [-0.1, -0.05) is 19.9 Å². The van der Waals surface area contributed by atoms with Crippen molar-refractivity contribution in [2.75, 3.05) is 5.43 Å². The number of hydrogen-bond acceptors (Lipinski definition) is 6. The van der Waals surface area contributed by atoms with Gasteiger partial charge in [0, 0.05) is 11.1 Å². The van der Waals surface area contributed by atoms with Crippen LogP contribution in [0.4, 0.5) is 5.69 Å². The smallest absolute Gasteiger partial charge is 0.260 e. The third kappa shape index (κ3) is 3.59. The molecule has 21 heavy (non-hydrogen) atoms. The highest BCUT2D eigenvalue weighted by Crippen LogP contribution is 2.28. The third-order valence-corrected chi connectivity index (χ3v) is 5.33. The Labute approximate surface area is 128 Å². The van der Waals surface area contributed by atoms with Crippen LogP contribution in [0.1, 0.15) is 24.8 Å². The third-order valence-electron chi connectivity index (χ3n) is 2.98. The van der Waals surface area contributed by atoms with Gasteiger partial charge in [-0.2, -0.15) is 0 Å². The molecule has 0 bridgehead atoms. The highest BCUT2D eigenvalue weighted by molar-refractivity contribution is 7.89. The summed E-state index contributed by atoms with van der Waals surface area (Å²) in [5.74, 6) is 5.46. The van der Waals surface area contributed by atoms with Crippen LogP contribution in [-0.4, -0.2) is 13.4 Å². The fraction of sp³-hybridized carbons (Fsp3) is 0.308. The van der Waals surface area contributed by atoms with Gasteiger partial charge in [0.25, 0.3) is 10.0 Å². The number of pyridine rings is 1. The summed E-state index contributed by atoms with van der Waals surface area (Å²) >= 11 is 1.52. The summed E-state index contributed by atoms with van der Waals surface area (Å²) in [6, 6.07) is 6.70. The molecule has 0 aliphatic rings. The first-order valence-electron chi connectivity index (χ1n) is 6.43. The fourth-order valence-corrected chi connectivity index (χ4v) is 4.41. The van der Waals surface area contributed by atoms with Gasteiger partial charge in [-0.25, -0.2) is 18.1 Å². The molecule has 8 heteroatoms. The van der Waals surface area contributed by atoms with E-state index in [4.69, 9.17) is 5.84 Å². The van der Waals surface area contributed by atoms with Crippen LogP contribution in [-0.2, 0) is 10.0 Å². The summed E-state index contributed by atoms with van der Waals surface area (Å²) in [6.07, 6.45) is 1.42. The van der Waals surface area contributed by atoms with Gasteiger partial charge in [0.15, 0.2) is 5.03 Å². The van der Waals surface area contributed by atoms with Crippen molar-refractivity contribution in [3.63, 3.8) is 0 Å². The van der Waals surface area contributed by atoms with E-state index in [1.165, 1.54) is 17.5 Å². The molecule has 6 nitrogen and oxygen atoms in total. The maximum atomic E-state index is 12.6. The number of anilines is 1. The van der Waals surface area contributed by atoms with E-state index in [0.29, 0.717) is 0 Å². The molecule has 2 rings (SSSR count). The number of hydrazine groups is 1. The predicted octanol–water partition coefficient (Wildman–Crippen LogP) is 2.10. The summed E-state index contributed by atoms with van der Waals surface area (Å²) in [6.45, 7) is 3.93. The standard InChI is InChI=1S/C13H18N4O2S2/c1-9(2)12(11-6-4-8-20-11)17-21(18,19)13-10(16-14)5-3-7-15-13/h3-9,12,16-17H,14H2,1-2H3. The molecule has 114 valence electrons. The second-order valence-corrected chi connectivity index (χ2v) is 7.47. The number of thiophene rings is 1. The number of nitrogens with two attached hydrogens (primary N) is 1. The van der Waals surface area contributed by atoms with Crippen LogP contribution in [0.5, 0.6) is 0 Å². The fourth-order valence-electron chi connectivity index (χ4n) is 1.93. The van der Waals surface area contributed by atoms with Gasteiger partial charge in [0.2, 0.25) is 0 Å². The predicted molar refractivity (Wildman–Crippen MR) is 84.3 cm³/mol. The lowest BCUT2D eigenvalue weighted by molar-refractivity contribution is 0.468. The van der Waals surface area contributed by atoms with E-state index in [0.717, 1.165) is 4.88 Å². The molecule has 0 aromatic carbocycles. The zero-order valence-corrected chi connectivity index (χ0v) is 13.4. The zero-order valence-electron chi connectivity index (χ0n) is 11.8. The van der Waals surface area contributed by atoms with Gasteiger partial charge < -0.3 is 5.43 Å². The van der Waals surface area contributed by atoms with E-state index >= 15 is 0 Å². The topological polar surface area (TPSA) is 97.1 Å². The van der Waals surface area contributed by atoms with E-state index in [9.17, 15) is 8.42 Å². The second-order valence-electron chi connectivity index (χ2n) is 4.86. The lowest BCUT2D eigenvalue weighted by Gasteiger charge is -2.21. The highest BCUT2D eigenvalue weighted by atomic mass is 32.2. The Kier molecular flexibility index (Phi) is 4.94. The quantitative estimate of drug-likeness (QED) is 0.558. The second kappa shape index (κ2) is 6.52. The summed E-state index contributed by atoms with van der Waals surface area (Å²) in [7, 11) is -3.77. The largest absolute Gasteiger partial charge is 0.321 e. The van der Waals surface area contributed by atoms with E-state index in [-0.39, 0.29) is 22.7 Å². The molecular formula is C13H18N4O2S2. The van der Waals surface area contributed by atoms with Crippen LogP contribution in [0.3, 0.4) is 0 Å². The molecule has 0 aliphatic carbocycles. The van der Waals surface area contributed by atoms with Crippen LogP contribution in [0.25, 0.3) is 0 Å². The Morgan fingerprint density at radius 2 is 2.05 bits per heavy atom. The summed E-state index contributed by atoms with van der Waals surface area (Å²) < 4.78 is 27.8. The SMILES string of the molecule is CC(C)C(NS(=O)(=O)c1ncccc1NN)c1cccs1. The maximum Gasteiger partial charge on any atom is 0.260 e. The summed E-state index contributed by atoms with van der Waals surface area (Å²) in [5.41, 5.74) is 2.62. The average Bonchev–Trinajstić information content (AvgIpc) is 2.98. The Hall–Kier alpha value is -1.48. The number of nitrogens with zero attached hydrogens (tertiary/aromatic N) is 1. The number of nitrogens with one attached hydrogen (secondary N) is 2. The molecule has 0 saturated heterocycles. The first-order valence-corrected chi connectivity index (χ1v) is 8.79. The molecule has 1 atom stereocenters. The molecule has 4 N–H and O–H groups in total. The highest BCUT2D eigenvalue weighted by Gasteiger charge is 2.27. The van der Waals surface area contributed by atoms with Crippen LogP contribution in [0.2, 0.25) is 0 Å². The minimum Gasteiger partial charge on any atom is -0.321 e. The van der Waals surface area contributed by atoms with Crippen LogP contribution >= 0.6 is 11.3 Å². The van der Waals surface area contributed by atoms with Crippen molar-refractivity contribution in [2.24, 2.45) is 11.8 Å². The normalized spacial score (nSPS) is 13.3. The van der Waals surface area contributed by atoms with Gasteiger partial charge in [0.05, 0.1) is 11.7 Å². The van der Waals surface area contributed by atoms with Gasteiger partial charge in [-0.05, 0) is 29.5 Å². The average molecular weight is 326 g/mol. The van der Waals surface area contributed by atoms with Crippen LogP contribution in [0, 0.1) is 5.92 Å². The Balaban J connectivity index is 2.35. The van der Waals surface area contributed by atoms with Gasteiger partial charge in [-0.3, -0.25) is 5.84 Å². The molecule has 0 saturated carbocycles. The number of sulfonamides is 1. The Bertz CT molecular complexity index is 684. The van der Waals surface area contributed by atoms with Crippen molar-refractivity contribution in [1.82, 2.24) is 9.71 Å². The molecular weight excluding hydrogens is 308 g/mol. The molecule has 2 heterocycles. The molecule has 0 spiro atoms. The van der Waals surface area contributed by atoms with Gasteiger partial charge >= 0.3 is 0 Å². The van der Waals surface area contributed by atoms with E-state index in [1.807, 2.05) is 31.4 Å². The zero-order chi connectivity index (χ0) is 15.5. The van der Waals surface area contributed by atoms with Crippen molar-refractivity contribution in [1.29, 1.82) is 0 Å². The molecule has 2 aromatic rings. The number of nitrogen functional groups attached to an aromatic ring is 1. The number of aromatic nitrogens is 1. The van der Waals surface area contributed by atoms with Crippen LogP contribution < -0.4 is 16.0 Å². The molecule has 0 fully saturated rings. The van der Waals surface area contributed by atoms with E-state index in [1.54, 1.807) is 12.1 Å². The minimum absolute atomic E-state index is 0.102.